The lowest BCUT2D eigenvalue weighted by Crippen LogP contribution is -2.67. The van der Waals surface area contributed by atoms with Gasteiger partial charge in [-0.15, -0.1) is 0 Å². The molecule has 17 atom stereocenters. The molecule has 68 heavy (non-hydrogen) atoms. The van der Waals surface area contributed by atoms with Crippen LogP contribution in [-0.2, 0) is 76.2 Å². The zero-order valence-corrected chi connectivity index (χ0v) is 42.8. The van der Waals surface area contributed by atoms with Gasteiger partial charge in [0.1, 0.15) is 31.0 Å². The van der Waals surface area contributed by atoms with Gasteiger partial charge in [0.25, 0.3) is 0 Å². The van der Waals surface area contributed by atoms with Gasteiger partial charge in [-0.25, -0.2) is 0 Å². The first-order chi connectivity index (χ1) is 31.6. The van der Waals surface area contributed by atoms with Crippen molar-refractivity contribution in [1.82, 2.24) is 5.32 Å². The Hall–Kier alpha value is -3.87. The number of nitrogens with one attached hydrogen (secondary N) is 1. The summed E-state index contributed by atoms with van der Waals surface area (Å²) in [5.41, 5.74) is -2.37. The highest BCUT2D eigenvalue weighted by Crippen LogP contribution is 2.76. The molecule has 386 valence electrons. The van der Waals surface area contributed by atoms with Crippen molar-refractivity contribution in [2.24, 2.45) is 45.3 Å². The molecular weight excluding hydrogens is 887 g/mol. The van der Waals surface area contributed by atoms with Crippen LogP contribution in [0, 0.1) is 45.3 Å². The first-order valence-corrected chi connectivity index (χ1v) is 24.4. The molecule has 0 spiro atoms. The lowest BCUT2D eigenvalue weighted by atomic mass is 9.35. The number of fused-ring (bicyclic) bond motifs is 5. The Morgan fingerprint density at radius 1 is 0.721 bits per heavy atom. The predicted molar refractivity (Wildman–Crippen MR) is 242 cm³/mol. The summed E-state index contributed by atoms with van der Waals surface area (Å²) in [5, 5.41) is 13.6. The molecule has 0 aromatic heterocycles. The van der Waals surface area contributed by atoms with Crippen molar-refractivity contribution < 1.29 is 81.3 Å². The minimum atomic E-state index is -1.50. The van der Waals surface area contributed by atoms with Gasteiger partial charge in [-0.05, 0) is 112 Å². The van der Waals surface area contributed by atoms with Gasteiger partial charge in [-0.1, -0.05) is 34.6 Å². The highest BCUT2D eigenvalue weighted by Gasteiger charge is 2.73. The van der Waals surface area contributed by atoms with Crippen LogP contribution in [0.1, 0.15) is 148 Å². The zero-order chi connectivity index (χ0) is 50.9. The van der Waals surface area contributed by atoms with E-state index in [0.29, 0.717) is 19.3 Å². The first-order valence-electron chi connectivity index (χ1n) is 24.4. The van der Waals surface area contributed by atoms with E-state index in [1.165, 1.54) is 41.7 Å². The number of ether oxygens (including phenoxy) is 9. The van der Waals surface area contributed by atoms with Gasteiger partial charge in [-0.3, -0.25) is 33.6 Å². The van der Waals surface area contributed by atoms with Crippen molar-refractivity contribution in [3.8, 4) is 0 Å². The number of carbonyl (C=O) groups is 7. The maximum Gasteiger partial charge on any atom is 0.325 e. The van der Waals surface area contributed by atoms with Crippen molar-refractivity contribution >= 4 is 41.8 Å². The van der Waals surface area contributed by atoms with E-state index in [-0.39, 0.29) is 65.0 Å². The summed E-state index contributed by atoms with van der Waals surface area (Å²) < 4.78 is 53.9. The van der Waals surface area contributed by atoms with E-state index in [2.05, 4.69) is 39.9 Å². The number of aliphatic hydroxyl groups is 1. The third kappa shape index (κ3) is 11.0. The molecule has 5 fully saturated rings. The number of carbonyl (C=O) groups excluding carboxylic acids is 7. The number of aliphatic hydroxyl groups excluding tert-OH is 1. The van der Waals surface area contributed by atoms with Crippen molar-refractivity contribution in [1.29, 1.82) is 0 Å². The van der Waals surface area contributed by atoms with Gasteiger partial charge < -0.3 is 53.1 Å². The quantitative estimate of drug-likeness (QED) is 0.107. The summed E-state index contributed by atoms with van der Waals surface area (Å²) >= 11 is 0. The molecule has 5 rings (SSSR count). The molecule has 4 aliphatic carbocycles. The average molecular weight is 966 g/mol. The molecule has 0 aromatic rings. The van der Waals surface area contributed by atoms with E-state index >= 15 is 0 Å². The van der Waals surface area contributed by atoms with Gasteiger partial charge in [0.15, 0.2) is 24.6 Å². The summed E-state index contributed by atoms with van der Waals surface area (Å²) in [6, 6.07) is -1.02. The second kappa shape index (κ2) is 21.2. The average Bonchev–Trinajstić information content (AvgIpc) is 3.60. The van der Waals surface area contributed by atoms with Gasteiger partial charge in [-0.2, -0.15) is 0 Å². The highest BCUT2D eigenvalue weighted by atomic mass is 16.7. The van der Waals surface area contributed by atoms with Crippen LogP contribution >= 0.6 is 0 Å². The maximum absolute atomic E-state index is 13.3. The van der Waals surface area contributed by atoms with Gasteiger partial charge in [0.2, 0.25) is 0 Å². The van der Waals surface area contributed by atoms with Gasteiger partial charge in [0.05, 0.1) is 18.8 Å². The molecule has 0 bridgehead atoms. The Morgan fingerprint density at radius 3 is 1.85 bits per heavy atom. The summed E-state index contributed by atoms with van der Waals surface area (Å²) in [4.78, 5) is 88.7. The van der Waals surface area contributed by atoms with Crippen LogP contribution in [0.25, 0.3) is 0 Å². The second-order valence-electron chi connectivity index (χ2n) is 21.8. The summed E-state index contributed by atoms with van der Waals surface area (Å²) in [5.74, 6) is -4.59. The Labute approximate surface area is 401 Å². The molecule has 0 radical (unpaired) electrons. The molecule has 4 saturated carbocycles. The van der Waals surface area contributed by atoms with Crippen LogP contribution < -0.4 is 5.32 Å². The van der Waals surface area contributed by atoms with Gasteiger partial charge >= 0.3 is 41.8 Å². The van der Waals surface area contributed by atoms with E-state index in [1.54, 1.807) is 0 Å². The zero-order valence-electron chi connectivity index (χ0n) is 42.8. The van der Waals surface area contributed by atoms with E-state index in [9.17, 15) is 38.7 Å². The van der Waals surface area contributed by atoms with Crippen molar-refractivity contribution in [2.45, 2.75) is 208 Å². The molecular formula is C50H79NO17. The number of hydrogen-bond acceptors (Lipinski definition) is 18. The Morgan fingerprint density at radius 2 is 1.29 bits per heavy atom. The molecule has 0 amide bonds. The van der Waals surface area contributed by atoms with E-state index in [0.717, 1.165) is 46.0 Å². The number of rotatable bonds is 17. The lowest BCUT2D eigenvalue weighted by Gasteiger charge is -2.70. The SMILES string of the molecule is COC(=O)[C@H](NCCCC(C)(O[C@H]1O[C@H](COC(C)=O)[C@@H](OC(C)=O)[C@H](OC(C)=O)C1OC(C)=O)C1CC[C@]2(C)[C@@H]1C(OC(C)=O)CC1[C@@]3(C)CC[C@H](OC(C)=O)C(C)(C)C3CC[C@]12C)[C@@H](C)O. The largest absolute Gasteiger partial charge is 0.468 e. The van der Waals surface area contributed by atoms with Crippen molar-refractivity contribution in [3.05, 3.63) is 0 Å². The van der Waals surface area contributed by atoms with Crippen LogP contribution in [0.15, 0.2) is 0 Å². The Kier molecular flexibility index (Phi) is 17.2. The van der Waals surface area contributed by atoms with E-state index in [1.807, 2.05) is 6.92 Å². The predicted octanol–water partition coefficient (Wildman–Crippen LogP) is 5.30. The van der Waals surface area contributed by atoms with Crippen molar-refractivity contribution in [2.75, 3.05) is 20.3 Å². The molecule has 18 heteroatoms. The van der Waals surface area contributed by atoms with Gasteiger partial charge in [0, 0.05) is 52.9 Å². The fourth-order valence-corrected chi connectivity index (χ4v) is 14.3. The minimum Gasteiger partial charge on any atom is -0.468 e. The second-order valence-corrected chi connectivity index (χ2v) is 21.8. The minimum absolute atomic E-state index is 0.127. The topological polar surface area (TPSA) is 235 Å². The van der Waals surface area contributed by atoms with Crippen LogP contribution in [0.5, 0.6) is 0 Å². The maximum atomic E-state index is 13.3. The molecule has 1 aliphatic heterocycles. The Balaban J connectivity index is 1.62. The third-order valence-corrected chi connectivity index (χ3v) is 17.2. The molecule has 1 saturated heterocycles. The molecule has 0 aromatic carbocycles. The third-order valence-electron chi connectivity index (χ3n) is 17.2. The smallest absolute Gasteiger partial charge is 0.325 e. The standard InChI is InChI=1S/C50H79NO17/c1-26(52)40(44(59)60-14)51-23-15-19-50(13,68-45-43(66-32(7)58)42(65-31(6)57)41(64-30(5)56)35(67-45)25-61-27(2)53)33-16-21-49(12)39(33)34(62-28(3)54)24-37-47(10)20-18-38(63-29(4)55)46(8,9)36(47)17-22-48(37,49)11/h26,33-43,45,51-52H,15-25H2,1-14H3/t26-,33?,34?,35-,36?,37?,38+,39+,40-,41-,42+,43?,45-,47+,48-,49-,50?/m1/s1. The lowest BCUT2D eigenvalue weighted by molar-refractivity contribution is -0.339. The van der Waals surface area contributed by atoms with E-state index in [4.69, 9.17) is 42.6 Å². The monoisotopic (exact) mass is 966 g/mol. The first kappa shape index (κ1) is 55.1. The van der Waals surface area contributed by atoms with Crippen LogP contribution in [-0.4, -0.2) is 128 Å². The molecule has 6 unspecified atom stereocenters. The molecule has 5 aliphatic rings. The fourth-order valence-electron chi connectivity index (χ4n) is 14.3. The van der Waals surface area contributed by atoms with Crippen LogP contribution in [0.2, 0.25) is 0 Å². The van der Waals surface area contributed by atoms with Crippen LogP contribution in [0.4, 0.5) is 0 Å². The molecule has 2 N–H and O–H groups in total. The van der Waals surface area contributed by atoms with Crippen molar-refractivity contribution in [3.63, 3.8) is 0 Å². The molecule has 1 heterocycles. The summed E-state index contributed by atoms with van der Waals surface area (Å²) in [6.45, 7) is 22.3. The fraction of sp³-hybridized carbons (Fsp3) is 0.860. The highest BCUT2D eigenvalue weighted by molar-refractivity contribution is 5.76. The van der Waals surface area contributed by atoms with E-state index < -0.39 is 102 Å². The number of methoxy groups -OCH3 is 1. The number of esters is 7. The summed E-state index contributed by atoms with van der Waals surface area (Å²) in [7, 11) is 1.24. The normalized spacial score (nSPS) is 37.8. The Bertz CT molecular complexity index is 1890. The number of hydrogen-bond donors (Lipinski definition) is 2. The van der Waals surface area contributed by atoms with Crippen LogP contribution in [0.3, 0.4) is 0 Å². The molecule has 18 nitrogen and oxygen atoms in total. The summed E-state index contributed by atoms with van der Waals surface area (Å²) in [6.07, 6.45) is -2.98.